The number of hydrogen-bond donors (Lipinski definition) is 2. The quantitative estimate of drug-likeness (QED) is 0.750. The number of phenolic OH excluding ortho intramolecular Hbond substituents is 2. The lowest BCUT2D eigenvalue weighted by atomic mass is 9.90. The Bertz CT molecular complexity index is 625. The molecule has 0 unspecified atom stereocenters. The lowest BCUT2D eigenvalue weighted by Crippen LogP contribution is -2.00. The molecular weight excluding hydrogens is 268 g/mol. The van der Waals surface area contributed by atoms with Gasteiger partial charge in [0.25, 0.3) is 0 Å². The number of benzene rings is 2. The van der Waals surface area contributed by atoms with Gasteiger partial charge < -0.3 is 10.2 Å². The van der Waals surface area contributed by atoms with Gasteiger partial charge in [0.2, 0.25) is 0 Å². The molecule has 3 aromatic rings. The van der Waals surface area contributed by atoms with Crippen molar-refractivity contribution in [2.24, 2.45) is 0 Å². The summed E-state index contributed by atoms with van der Waals surface area (Å²) in [5.41, 5.74) is 2.24. The van der Waals surface area contributed by atoms with Gasteiger partial charge in [-0.25, -0.2) is 0 Å². The molecule has 2 aromatic carbocycles. The molecular formula is C17H14O2S. The largest absolute Gasteiger partial charge is 0.508 e. The second-order valence-electron chi connectivity index (χ2n) is 4.63. The first-order valence-corrected chi connectivity index (χ1v) is 7.23. The van der Waals surface area contributed by atoms with Crippen LogP contribution in [0.25, 0.3) is 0 Å². The zero-order valence-corrected chi connectivity index (χ0v) is 11.5. The fourth-order valence-electron chi connectivity index (χ4n) is 2.31. The Morgan fingerprint density at radius 3 is 1.60 bits per heavy atom. The maximum atomic E-state index is 9.45. The van der Waals surface area contributed by atoms with E-state index in [1.165, 1.54) is 4.88 Å². The van der Waals surface area contributed by atoms with E-state index < -0.39 is 0 Å². The summed E-state index contributed by atoms with van der Waals surface area (Å²) in [4.78, 5) is 1.24. The monoisotopic (exact) mass is 282 g/mol. The first-order chi connectivity index (χ1) is 9.74. The highest BCUT2D eigenvalue weighted by Crippen LogP contribution is 2.35. The summed E-state index contributed by atoms with van der Waals surface area (Å²) in [5.74, 6) is 0.657. The summed E-state index contributed by atoms with van der Waals surface area (Å²) in [6, 6.07) is 18.7. The van der Waals surface area contributed by atoms with Gasteiger partial charge in [-0.2, -0.15) is 0 Å². The maximum Gasteiger partial charge on any atom is 0.115 e. The third kappa shape index (κ3) is 2.53. The molecule has 0 aliphatic rings. The average Bonchev–Trinajstić information content (AvgIpc) is 2.97. The molecule has 0 aliphatic carbocycles. The maximum absolute atomic E-state index is 9.45. The Kier molecular flexibility index (Phi) is 3.44. The van der Waals surface area contributed by atoms with E-state index in [9.17, 15) is 10.2 Å². The number of thiophene rings is 1. The van der Waals surface area contributed by atoms with E-state index in [0.29, 0.717) is 0 Å². The first kappa shape index (κ1) is 12.8. The molecule has 3 rings (SSSR count). The SMILES string of the molecule is Oc1ccc(C(c2ccc(O)cc2)c2cccs2)cc1. The summed E-state index contributed by atoms with van der Waals surface area (Å²) in [6.07, 6.45) is 0. The highest BCUT2D eigenvalue weighted by Gasteiger charge is 2.17. The lowest BCUT2D eigenvalue weighted by Gasteiger charge is -2.17. The van der Waals surface area contributed by atoms with E-state index in [2.05, 4.69) is 11.4 Å². The van der Waals surface area contributed by atoms with Crippen LogP contribution in [-0.4, -0.2) is 10.2 Å². The fraction of sp³-hybridized carbons (Fsp3) is 0.0588. The van der Waals surface area contributed by atoms with Gasteiger partial charge in [-0.05, 0) is 46.8 Å². The van der Waals surface area contributed by atoms with Crippen LogP contribution in [0, 0.1) is 0 Å². The van der Waals surface area contributed by atoms with Gasteiger partial charge in [0.15, 0.2) is 0 Å². The molecule has 1 aromatic heterocycles. The zero-order valence-electron chi connectivity index (χ0n) is 10.7. The van der Waals surface area contributed by atoms with Crippen LogP contribution >= 0.6 is 11.3 Å². The Morgan fingerprint density at radius 1 is 0.700 bits per heavy atom. The molecule has 1 heterocycles. The minimum Gasteiger partial charge on any atom is -0.508 e. The summed E-state index contributed by atoms with van der Waals surface area (Å²) in [6.45, 7) is 0. The molecule has 0 bridgehead atoms. The van der Waals surface area contributed by atoms with Crippen LogP contribution in [-0.2, 0) is 0 Å². The van der Waals surface area contributed by atoms with Gasteiger partial charge in [-0.3, -0.25) is 0 Å². The van der Waals surface area contributed by atoms with Crippen LogP contribution in [0.5, 0.6) is 11.5 Å². The molecule has 0 atom stereocenters. The van der Waals surface area contributed by atoms with Crippen molar-refractivity contribution >= 4 is 11.3 Å². The molecule has 20 heavy (non-hydrogen) atoms. The van der Waals surface area contributed by atoms with Crippen LogP contribution in [0.3, 0.4) is 0 Å². The van der Waals surface area contributed by atoms with Crippen LogP contribution in [0.2, 0.25) is 0 Å². The Morgan fingerprint density at radius 2 is 1.20 bits per heavy atom. The standard InChI is InChI=1S/C17H14O2S/c18-14-7-3-12(4-8-14)17(16-2-1-11-20-16)13-5-9-15(19)10-6-13/h1-11,17-19H. The lowest BCUT2D eigenvalue weighted by molar-refractivity contribution is 0.475. The number of rotatable bonds is 3. The summed E-state index contributed by atoms with van der Waals surface area (Å²) < 4.78 is 0. The predicted octanol–water partition coefficient (Wildman–Crippen LogP) is 4.34. The predicted molar refractivity (Wildman–Crippen MR) is 81.5 cm³/mol. The normalized spacial score (nSPS) is 10.8. The van der Waals surface area contributed by atoms with E-state index in [1.807, 2.05) is 30.3 Å². The molecule has 0 saturated carbocycles. The van der Waals surface area contributed by atoms with E-state index >= 15 is 0 Å². The highest BCUT2D eigenvalue weighted by atomic mass is 32.1. The molecule has 2 N–H and O–H groups in total. The van der Waals surface area contributed by atoms with E-state index in [4.69, 9.17) is 0 Å². The summed E-state index contributed by atoms with van der Waals surface area (Å²) in [5, 5.41) is 20.9. The third-order valence-electron chi connectivity index (χ3n) is 3.28. The Labute approximate surface area is 121 Å². The molecule has 100 valence electrons. The molecule has 0 aliphatic heterocycles. The van der Waals surface area contributed by atoms with Crippen molar-refractivity contribution in [2.45, 2.75) is 5.92 Å². The molecule has 0 amide bonds. The number of aromatic hydroxyl groups is 2. The van der Waals surface area contributed by atoms with Crippen molar-refractivity contribution in [3.8, 4) is 11.5 Å². The minimum atomic E-state index is 0.121. The van der Waals surface area contributed by atoms with Crippen molar-refractivity contribution in [1.82, 2.24) is 0 Å². The Hall–Kier alpha value is -2.26. The molecule has 3 heteroatoms. The minimum absolute atomic E-state index is 0.121. The average molecular weight is 282 g/mol. The van der Waals surface area contributed by atoms with Crippen LogP contribution in [0.4, 0.5) is 0 Å². The zero-order chi connectivity index (χ0) is 13.9. The second kappa shape index (κ2) is 5.39. The second-order valence-corrected chi connectivity index (χ2v) is 5.61. The number of hydrogen-bond acceptors (Lipinski definition) is 3. The molecule has 0 spiro atoms. The van der Waals surface area contributed by atoms with Gasteiger partial charge in [0.05, 0.1) is 0 Å². The van der Waals surface area contributed by atoms with Crippen molar-refractivity contribution < 1.29 is 10.2 Å². The summed E-state index contributed by atoms with van der Waals surface area (Å²) in [7, 11) is 0. The van der Waals surface area contributed by atoms with E-state index in [0.717, 1.165) is 11.1 Å². The fourth-order valence-corrected chi connectivity index (χ4v) is 3.19. The van der Waals surface area contributed by atoms with Crippen molar-refractivity contribution in [3.05, 3.63) is 82.0 Å². The third-order valence-corrected chi connectivity index (χ3v) is 4.22. The van der Waals surface area contributed by atoms with Crippen LogP contribution in [0.1, 0.15) is 21.9 Å². The summed E-state index contributed by atoms with van der Waals surface area (Å²) >= 11 is 1.70. The van der Waals surface area contributed by atoms with Crippen molar-refractivity contribution in [2.75, 3.05) is 0 Å². The van der Waals surface area contributed by atoms with Gasteiger partial charge in [-0.1, -0.05) is 30.3 Å². The van der Waals surface area contributed by atoms with Crippen molar-refractivity contribution in [3.63, 3.8) is 0 Å². The topological polar surface area (TPSA) is 40.5 Å². The van der Waals surface area contributed by atoms with Gasteiger partial charge >= 0.3 is 0 Å². The van der Waals surface area contributed by atoms with Gasteiger partial charge in [0, 0.05) is 10.8 Å². The molecule has 2 nitrogen and oxygen atoms in total. The molecule has 0 radical (unpaired) electrons. The highest BCUT2D eigenvalue weighted by molar-refractivity contribution is 7.10. The van der Waals surface area contributed by atoms with E-state index in [-0.39, 0.29) is 17.4 Å². The van der Waals surface area contributed by atoms with Crippen LogP contribution < -0.4 is 0 Å². The smallest absolute Gasteiger partial charge is 0.115 e. The number of phenols is 2. The molecule has 0 fully saturated rings. The van der Waals surface area contributed by atoms with Crippen molar-refractivity contribution in [1.29, 1.82) is 0 Å². The first-order valence-electron chi connectivity index (χ1n) is 6.35. The van der Waals surface area contributed by atoms with E-state index in [1.54, 1.807) is 35.6 Å². The van der Waals surface area contributed by atoms with Gasteiger partial charge in [-0.15, -0.1) is 11.3 Å². The van der Waals surface area contributed by atoms with Crippen LogP contribution in [0.15, 0.2) is 66.0 Å². The molecule has 0 saturated heterocycles. The van der Waals surface area contributed by atoms with Gasteiger partial charge in [0.1, 0.15) is 11.5 Å². The Balaban J connectivity index is 2.09.